The minimum atomic E-state index is -0.749. The zero-order valence-electron chi connectivity index (χ0n) is 13.6. The van der Waals surface area contributed by atoms with Gasteiger partial charge < -0.3 is 14.8 Å². The number of hydrogen-bond acceptors (Lipinski definition) is 3. The van der Waals surface area contributed by atoms with Crippen molar-refractivity contribution in [2.45, 2.75) is 52.7 Å². The van der Waals surface area contributed by atoms with Crippen LogP contribution in [0.15, 0.2) is 12.1 Å². The molecule has 0 aliphatic heterocycles. The highest BCUT2D eigenvalue weighted by atomic mass is 19.1. The fraction of sp³-hybridized carbons (Fsp3) is 0.562. The minimum Gasteiger partial charge on any atom is -0.486 e. The van der Waals surface area contributed by atoms with Crippen LogP contribution in [-0.4, -0.2) is 24.3 Å². The van der Waals surface area contributed by atoms with Gasteiger partial charge in [0.2, 0.25) is 0 Å². The van der Waals surface area contributed by atoms with Crippen LogP contribution in [0.5, 0.6) is 5.75 Å². The van der Waals surface area contributed by atoms with E-state index in [1.165, 1.54) is 6.07 Å². The van der Waals surface area contributed by atoms with Crippen molar-refractivity contribution in [3.63, 3.8) is 0 Å². The van der Waals surface area contributed by atoms with Gasteiger partial charge in [0.15, 0.2) is 11.6 Å². The molecule has 1 rings (SSSR count). The average Bonchev–Trinajstić information content (AvgIpc) is 2.37. The molecule has 1 aromatic carbocycles. The van der Waals surface area contributed by atoms with E-state index in [9.17, 15) is 13.6 Å². The maximum atomic E-state index is 13.8. The second kappa shape index (κ2) is 7.42. The summed E-state index contributed by atoms with van der Waals surface area (Å²) in [4.78, 5) is 11.5. The first-order valence-corrected chi connectivity index (χ1v) is 7.23. The summed E-state index contributed by atoms with van der Waals surface area (Å²) >= 11 is 0. The van der Waals surface area contributed by atoms with Crippen LogP contribution in [0.4, 0.5) is 13.6 Å². The highest BCUT2D eigenvalue weighted by Gasteiger charge is 2.18. The van der Waals surface area contributed by atoms with Gasteiger partial charge in [0.05, 0.1) is 6.54 Å². The van der Waals surface area contributed by atoms with E-state index in [4.69, 9.17) is 9.47 Å². The van der Waals surface area contributed by atoms with E-state index < -0.39 is 29.4 Å². The Balaban J connectivity index is 2.63. The summed E-state index contributed by atoms with van der Waals surface area (Å²) in [7, 11) is 0. The second-order valence-corrected chi connectivity index (χ2v) is 6.04. The Morgan fingerprint density at radius 3 is 2.50 bits per heavy atom. The van der Waals surface area contributed by atoms with Crippen molar-refractivity contribution in [2.75, 3.05) is 6.54 Å². The van der Waals surface area contributed by atoms with Crippen molar-refractivity contribution < 1.29 is 23.0 Å². The molecule has 6 heteroatoms. The first-order valence-electron chi connectivity index (χ1n) is 7.23. The number of aryl methyl sites for hydroxylation is 1. The molecule has 0 bridgehead atoms. The van der Waals surface area contributed by atoms with Crippen molar-refractivity contribution >= 4 is 6.09 Å². The number of alkyl carbamates (subject to hydrolysis) is 1. The molecule has 0 aliphatic rings. The van der Waals surface area contributed by atoms with Gasteiger partial charge in [0.1, 0.15) is 17.5 Å². The summed E-state index contributed by atoms with van der Waals surface area (Å²) in [5.41, 5.74) is -0.145. The van der Waals surface area contributed by atoms with Crippen molar-refractivity contribution in [1.29, 1.82) is 0 Å². The lowest BCUT2D eigenvalue weighted by molar-refractivity contribution is 0.0504. The van der Waals surface area contributed by atoms with Gasteiger partial charge >= 0.3 is 6.09 Å². The molecule has 0 aromatic heterocycles. The Kier molecular flexibility index (Phi) is 6.14. The normalized spacial score (nSPS) is 12.7. The Morgan fingerprint density at radius 2 is 1.95 bits per heavy atom. The van der Waals surface area contributed by atoms with Gasteiger partial charge in [-0.1, -0.05) is 6.92 Å². The smallest absolute Gasteiger partial charge is 0.407 e. The zero-order chi connectivity index (χ0) is 16.9. The van der Waals surface area contributed by atoms with Gasteiger partial charge in [-0.25, -0.2) is 13.6 Å². The molecule has 0 aliphatic carbocycles. The first kappa shape index (κ1) is 18.2. The van der Waals surface area contributed by atoms with Crippen LogP contribution in [0.3, 0.4) is 0 Å². The quantitative estimate of drug-likeness (QED) is 0.898. The summed E-state index contributed by atoms with van der Waals surface area (Å²) in [6, 6.07) is 2.02. The molecule has 0 spiro atoms. The van der Waals surface area contributed by atoms with Gasteiger partial charge in [-0.05, 0) is 45.7 Å². The van der Waals surface area contributed by atoms with Gasteiger partial charge in [0, 0.05) is 6.07 Å². The minimum absolute atomic E-state index is 0.0161. The van der Waals surface area contributed by atoms with Crippen molar-refractivity contribution in [1.82, 2.24) is 5.32 Å². The highest BCUT2D eigenvalue weighted by molar-refractivity contribution is 5.67. The summed E-state index contributed by atoms with van der Waals surface area (Å²) in [5, 5.41) is 2.54. The molecule has 124 valence electrons. The number of carbonyl (C=O) groups is 1. The fourth-order valence-electron chi connectivity index (χ4n) is 1.79. The second-order valence-electron chi connectivity index (χ2n) is 6.04. The maximum Gasteiger partial charge on any atom is 0.407 e. The topological polar surface area (TPSA) is 47.6 Å². The predicted molar refractivity (Wildman–Crippen MR) is 80.1 cm³/mol. The molecule has 1 unspecified atom stereocenters. The van der Waals surface area contributed by atoms with Gasteiger partial charge in [-0.3, -0.25) is 0 Å². The van der Waals surface area contributed by atoms with Crippen LogP contribution in [0.2, 0.25) is 0 Å². The van der Waals surface area contributed by atoms with Crippen LogP contribution in [0.25, 0.3) is 0 Å². The molecular weight excluding hydrogens is 292 g/mol. The molecule has 0 heterocycles. The number of ether oxygens (including phenoxy) is 2. The molecule has 1 N–H and O–H groups in total. The molecule has 22 heavy (non-hydrogen) atoms. The lowest BCUT2D eigenvalue weighted by Crippen LogP contribution is -2.37. The van der Waals surface area contributed by atoms with Gasteiger partial charge in [0.25, 0.3) is 0 Å². The predicted octanol–water partition coefficient (Wildman–Crippen LogP) is 3.82. The zero-order valence-corrected chi connectivity index (χ0v) is 13.6. The molecule has 0 saturated heterocycles. The maximum absolute atomic E-state index is 13.8. The first-order chi connectivity index (χ1) is 10.1. The van der Waals surface area contributed by atoms with E-state index in [0.29, 0.717) is 12.0 Å². The summed E-state index contributed by atoms with van der Waals surface area (Å²) < 4.78 is 37.6. The fourth-order valence-corrected chi connectivity index (χ4v) is 1.79. The van der Waals surface area contributed by atoms with Crippen LogP contribution in [0.1, 0.15) is 40.2 Å². The van der Waals surface area contributed by atoms with Crippen molar-refractivity contribution in [3.05, 3.63) is 29.3 Å². The molecule has 1 atom stereocenters. The summed E-state index contributed by atoms with van der Waals surface area (Å²) in [6.45, 7) is 8.88. The Labute approximate surface area is 129 Å². The monoisotopic (exact) mass is 315 g/mol. The van der Waals surface area contributed by atoms with Gasteiger partial charge in [-0.2, -0.15) is 0 Å². The van der Waals surface area contributed by atoms with E-state index in [0.717, 1.165) is 6.07 Å². The van der Waals surface area contributed by atoms with E-state index in [1.54, 1.807) is 34.6 Å². The molecule has 0 fully saturated rings. The standard InChI is InChI=1S/C16H23F2NO3/c1-6-11-7-12(17)8-13(18)14(11)21-10(2)9-19-15(20)22-16(3,4)5/h7-8,10H,6,9H2,1-5H3,(H,19,20). The molecule has 1 amide bonds. The molecular formula is C16H23F2NO3. The lowest BCUT2D eigenvalue weighted by Gasteiger charge is -2.22. The van der Waals surface area contributed by atoms with Gasteiger partial charge in [-0.15, -0.1) is 0 Å². The van der Waals surface area contributed by atoms with Crippen LogP contribution in [0, 0.1) is 11.6 Å². The molecule has 1 aromatic rings. The van der Waals surface area contributed by atoms with E-state index in [1.807, 2.05) is 0 Å². The Bertz CT molecular complexity index is 527. The van der Waals surface area contributed by atoms with E-state index in [2.05, 4.69) is 5.32 Å². The van der Waals surface area contributed by atoms with Crippen LogP contribution < -0.4 is 10.1 Å². The molecule has 4 nitrogen and oxygen atoms in total. The van der Waals surface area contributed by atoms with E-state index in [-0.39, 0.29) is 12.3 Å². The summed E-state index contributed by atoms with van der Waals surface area (Å²) in [6.07, 6.45) is -0.619. The van der Waals surface area contributed by atoms with Crippen LogP contribution in [-0.2, 0) is 11.2 Å². The third-order valence-electron chi connectivity index (χ3n) is 2.72. The number of hydrogen-bond donors (Lipinski definition) is 1. The number of carbonyl (C=O) groups excluding carboxylic acids is 1. The molecule has 0 radical (unpaired) electrons. The number of benzene rings is 1. The molecule has 0 saturated carbocycles. The average molecular weight is 315 g/mol. The number of rotatable bonds is 5. The number of amides is 1. The Morgan fingerprint density at radius 1 is 1.32 bits per heavy atom. The van der Waals surface area contributed by atoms with E-state index >= 15 is 0 Å². The van der Waals surface area contributed by atoms with Crippen molar-refractivity contribution in [3.8, 4) is 5.75 Å². The van der Waals surface area contributed by atoms with Crippen LogP contribution >= 0.6 is 0 Å². The highest BCUT2D eigenvalue weighted by Crippen LogP contribution is 2.25. The SMILES string of the molecule is CCc1cc(F)cc(F)c1OC(C)CNC(=O)OC(C)(C)C. The number of halogens is 2. The summed E-state index contributed by atoms with van der Waals surface area (Å²) in [5.74, 6) is -1.37. The number of nitrogens with one attached hydrogen (secondary N) is 1. The third kappa shape index (κ3) is 5.87. The third-order valence-corrected chi connectivity index (χ3v) is 2.72. The van der Waals surface area contributed by atoms with Crippen molar-refractivity contribution in [2.24, 2.45) is 0 Å². The lowest BCUT2D eigenvalue weighted by atomic mass is 10.1. The Hall–Kier alpha value is -1.85. The largest absolute Gasteiger partial charge is 0.486 e.